The lowest BCUT2D eigenvalue weighted by Gasteiger charge is -2.44. The summed E-state index contributed by atoms with van der Waals surface area (Å²) in [6.45, 7) is 2.04. The molecule has 0 saturated carbocycles. The van der Waals surface area contributed by atoms with Crippen molar-refractivity contribution >= 4 is 41.2 Å². The van der Waals surface area contributed by atoms with Gasteiger partial charge in [0.15, 0.2) is 5.70 Å². The average Bonchev–Trinajstić information content (AvgIpc) is 3.17. The number of aliphatic hydroxyl groups excluding tert-OH is 1. The number of fused-ring (bicyclic) bond motifs is 1. The van der Waals surface area contributed by atoms with E-state index in [1.54, 1.807) is 11.8 Å². The number of hydrogen-bond acceptors (Lipinski definition) is 6. The van der Waals surface area contributed by atoms with Gasteiger partial charge in [-0.3, -0.25) is 15.1 Å². The van der Waals surface area contributed by atoms with E-state index in [0.29, 0.717) is 23.7 Å². The first-order valence-corrected chi connectivity index (χ1v) is 9.85. The van der Waals surface area contributed by atoms with Crippen molar-refractivity contribution in [3.8, 4) is 0 Å². The average molecular weight is 389 g/mol. The van der Waals surface area contributed by atoms with Crippen molar-refractivity contribution in [3.63, 3.8) is 0 Å². The zero-order valence-electron chi connectivity index (χ0n) is 13.6. The lowest BCUT2D eigenvalue weighted by Crippen LogP contribution is -2.61. The number of alkyl halides is 1. The van der Waals surface area contributed by atoms with Gasteiger partial charge in [-0.1, -0.05) is 18.7 Å². The molecule has 1 amide bonds. The molecule has 0 aliphatic carbocycles. The first-order chi connectivity index (χ1) is 11.9. The minimum Gasteiger partial charge on any atom is -0.477 e. The van der Waals surface area contributed by atoms with Crippen molar-refractivity contribution in [1.29, 1.82) is 5.41 Å². The summed E-state index contributed by atoms with van der Waals surface area (Å²) in [7, 11) is 0. The molecule has 0 radical (unpaired) electrons. The number of carbonyl (C=O) groups excluding carboxylic acids is 1. The number of amides is 1. The number of hydrogen-bond donors (Lipinski definition) is 3. The number of thioether (sulfide) groups is 2. The number of rotatable bonds is 6. The molecule has 0 aromatic rings. The second kappa shape index (κ2) is 7.16. The fraction of sp³-hybridized carbons (Fsp3) is 0.667. The molecule has 3 heterocycles. The van der Waals surface area contributed by atoms with Gasteiger partial charge in [0, 0.05) is 18.3 Å². The molecule has 0 bridgehead atoms. The van der Waals surface area contributed by atoms with E-state index in [2.05, 4.69) is 0 Å². The molecule has 2 saturated heterocycles. The monoisotopic (exact) mass is 389 g/mol. The number of likely N-dealkylation sites (tertiary alicyclic amines) is 1. The molecule has 7 nitrogen and oxygen atoms in total. The highest BCUT2D eigenvalue weighted by Crippen LogP contribution is 2.55. The summed E-state index contributed by atoms with van der Waals surface area (Å²) in [4.78, 5) is 26.9. The van der Waals surface area contributed by atoms with Crippen LogP contribution in [0.15, 0.2) is 9.93 Å². The van der Waals surface area contributed by atoms with Crippen LogP contribution in [0.5, 0.6) is 0 Å². The number of carboxylic acid groups (broad SMARTS) is 1. The Morgan fingerprint density at radius 1 is 1.56 bits per heavy atom. The van der Waals surface area contributed by atoms with Crippen molar-refractivity contribution in [1.82, 2.24) is 9.80 Å². The zero-order chi connectivity index (χ0) is 18.3. The van der Waals surface area contributed by atoms with E-state index in [-0.39, 0.29) is 28.1 Å². The van der Waals surface area contributed by atoms with Gasteiger partial charge in [0.1, 0.15) is 17.9 Å². The SMILES string of the molecule is CC[C@H](O)[C@@H]1C(=O)N2C(C(=O)O)=C(S[C@H]3CCN(C(=N)CF)C3)S[C@H]12. The van der Waals surface area contributed by atoms with E-state index in [0.717, 1.165) is 6.42 Å². The van der Waals surface area contributed by atoms with Gasteiger partial charge in [0.05, 0.1) is 16.3 Å². The molecule has 25 heavy (non-hydrogen) atoms. The van der Waals surface area contributed by atoms with Crippen LogP contribution in [0.1, 0.15) is 19.8 Å². The van der Waals surface area contributed by atoms with Crippen LogP contribution in [0, 0.1) is 11.3 Å². The maximum atomic E-state index is 12.6. The minimum atomic E-state index is -1.15. The van der Waals surface area contributed by atoms with Crippen LogP contribution in [0.2, 0.25) is 0 Å². The Morgan fingerprint density at radius 3 is 2.88 bits per heavy atom. The van der Waals surface area contributed by atoms with Gasteiger partial charge in [-0.2, -0.15) is 0 Å². The third-order valence-electron chi connectivity index (χ3n) is 4.71. The summed E-state index contributed by atoms with van der Waals surface area (Å²) in [5, 5.41) is 26.8. The normalized spacial score (nSPS) is 29.7. The van der Waals surface area contributed by atoms with Crippen LogP contribution in [0.25, 0.3) is 0 Å². The molecule has 10 heteroatoms. The molecule has 0 spiro atoms. The predicted molar refractivity (Wildman–Crippen MR) is 93.9 cm³/mol. The number of amidine groups is 1. The maximum Gasteiger partial charge on any atom is 0.354 e. The summed E-state index contributed by atoms with van der Waals surface area (Å²) in [6, 6.07) is 0. The van der Waals surface area contributed by atoms with Gasteiger partial charge in [-0.15, -0.1) is 11.8 Å². The summed E-state index contributed by atoms with van der Waals surface area (Å²) in [5.74, 6) is -2.12. The Bertz CT molecular complexity index is 644. The molecule has 4 atom stereocenters. The molecule has 3 aliphatic rings. The summed E-state index contributed by atoms with van der Waals surface area (Å²) >= 11 is 2.69. The standard InChI is InChI=1S/C15H20FN3O4S2/c1-2-8(20)10-12(21)19-11(14(22)23)15(25-13(10)19)24-7-3-4-18(6-7)9(17)5-16/h7-8,10,13,17,20H,2-6H2,1H3,(H,22,23)/t7-,8-,10+,13+/m0/s1. The third-order valence-corrected chi connectivity index (χ3v) is 7.56. The van der Waals surface area contributed by atoms with Gasteiger partial charge < -0.3 is 15.1 Å². The van der Waals surface area contributed by atoms with Gasteiger partial charge in [-0.05, 0) is 12.8 Å². The fourth-order valence-corrected chi connectivity index (χ4v) is 6.58. The van der Waals surface area contributed by atoms with E-state index in [9.17, 15) is 24.2 Å². The maximum absolute atomic E-state index is 12.6. The summed E-state index contributed by atoms with van der Waals surface area (Å²) in [5.41, 5.74) is -0.0106. The topological polar surface area (TPSA) is 105 Å². The minimum absolute atomic E-state index is 0.0106. The number of nitrogens with one attached hydrogen (secondary N) is 1. The lowest BCUT2D eigenvalue weighted by molar-refractivity contribution is -0.157. The van der Waals surface area contributed by atoms with E-state index >= 15 is 0 Å². The fourth-order valence-electron chi connectivity index (χ4n) is 3.30. The molecule has 3 rings (SSSR count). The van der Waals surface area contributed by atoms with Crippen LogP contribution < -0.4 is 0 Å². The molecule has 0 unspecified atom stereocenters. The Hall–Kier alpha value is -1.26. The molecule has 0 aromatic heterocycles. The van der Waals surface area contributed by atoms with Gasteiger partial charge in [0.25, 0.3) is 0 Å². The van der Waals surface area contributed by atoms with Gasteiger partial charge >= 0.3 is 5.97 Å². The van der Waals surface area contributed by atoms with Crippen LogP contribution in [-0.2, 0) is 9.59 Å². The number of aliphatic hydroxyl groups is 1. The van der Waals surface area contributed by atoms with Crippen molar-refractivity contribution in [2.24, 2.45) is 5.92 Å². The first kappa shape index (κ1) is 18.5. The molecule has 3 N–H and O–H groups in total. The van der Waals surface area contributed by atoms with Crippen LogP contribution in [0.3, 0.4) is 0 Å². The van der Waals surface area contributed by atoms with E-state index < -0.39 is 24.7 Å². The molecule has 0 aromatic carbocycles. The van der Waals surface area contributed by atoms with Crippen LogP contribution in [-0.4, -0.2) is 74.2 Å². The van der Waals surface area contributed by atoms with Gasteiger partial charge in [0.2, 0.25) is 5.91 Å². The number of nitrogens with zero attached hydrogens (tertiary/aromatic N) is 2. The van der Waals surface area contributed by atoms with Crippen molar-refractivity contribution in [3.05, 3.63) is 9.93 Å². The second-order valence-corrected chi connectivity index (χ2v) is 8.91. The quantitative estimate of drug-likeness (QED) is 0.357. The van der Waals surface area contributed by atoms with Crippen molar-refractivity contribution < 1.29 is 24.2 Å². The number of carboxylic acids is 1. The highest BCUT2D eigenvalue weighted by Gasteiger charge is 2.58. The summed E-state index contributed by atoms with van der Waals surface area (Å²) < 4.78 is 13.2. The smallest absolute Gasteiger partial charge is 0.354 e. The predicted octanol–water partition coefficient (Wildman–Crippen LogP) is 1.30. The lowest BCUT2D eigenvalue weighted by atomic mass is 9.90. The Labute approximate surface area is 153 Å². The van der Waals surface area contributed by atoms with E-state index in [4.69, 9.17) is 5.41 Å². The largest absolute Gasteiger partial charge is 0.477 e. The van der Waals surface area contributed by atoms with E-state index in [1.807, 2.05) is 0 Å². The molecular formula is C15H20FN3O4S2. The van der Waals surface area contributed by atoms with Crippen molar-refractivity contribution in [2.45, 2.75) is 36.5 Å². The zero-order valence-corrected chi connectivity index (χ0v) is 15.3. The number of carbonyl (C=O) groups is 2. The van der Waals surface area contributed by atoms with Crippen molar-refractivity contribution in [2.75, 3.05) is 19.8 Å². The molecule has 2 fully saturated rings. The number of aliphatic carboxylic acids is 1. The third kappa shape index (κ3) is 3.15. The Balaban J connectivity index is 1.72. The summed E-state index contributed by atoms with van der Waals surface area (Å²) in [6.07, 6.45) is 0.395. The van der Waals surface area contributed by atoms with Crippen LogP contribution >= 0.6 is 23.5 Å². The van der Waals surface area contributed by atoms with E-state index in [1.165, 1.54) is 28.4 Å². The first-order valence-electron chi connectivity index (χ1n) is 8.09. The molecule has 3 aliphatic heterocycles. The molecule has 138 valence electrons. The Morgan fingerprint density at radius 2 is 2.28 bits per heavy atom. The van der Waals surface area contributed by atoms with Gasteiger partial charge in [-0.25, -0.2) is 9.18 Å². The number of halogens is 1. The number of β-lactam (4-membered cyclic amide) rings is 1. The highest BCUT2D eigenvalue weighted by molar-refractivity contribution is 8.23. The Kier molecular flexibility index (Phi) is 5.31. The molecular weight excluding hydrogens is 369 g/mol. The second-order valence-electron chi connectivity index (χ2n) is 6.21. The highest BCUT2D eigenvalue weighted by atomic mass is 32.2. The van der Waals surface area contributed by atoms with Crippen LogP contribution in [0.4, 0.5) is 4.39 Å².